The van der Waals surface area contributed by atoms with Crippen molar-refractivity contribution in [3.05, 3.63) is 63.7 Å². The first kappa shape index (κ1) is 25.3. The molecular formula is C30H37ClN2O3. The Labute approximate surface area is 219 Å². The maximum absolute atomic E-state index is 11.8. The van der Waals surface area contributed by atoms with Crippen LogP contribution in [0.1, 0.15) is 79.7 Å². The zero-order chi connectivity index (χ0) is 25.1. The summed E-state index contributed by atoms with van der Waals surface area (Å²) in [4.78, 5) is 27.7. The molecule has 2 amide bonds. The molecule has 0 aromatic heterocycles. The first-order chi connectivity index (χ1) is 17.5. The maximum Gasteiger partial charge on any atom is 0.229 e. The molecule has 1 saturated carbocycles. The fourth-order valence-corrected chi connectivity index (χ4v) is 6.47. The summed E-state index contributed by atoms with van der Waals surface area (Å²) >= 11 is 6.29. The molecule has 0 unspecified atom stereocenters. The largest absolute Gasteiger partial charge is 0.491 e. The molecule has 1 saturated heterocycles. The number of nitrogens with zero attached hydrogens (tertiary/aromatic N) is 2. The Balaban J connectivity index is 1.27. The van der Waals surface area contributed by atoms with Gasteiger partial charge in [-0.05, 0) is 79.0 Å². The number of fused-ring (bicyclic) bond motifs is 1. The van der Waals surface area contributed by atoms with Crippen molar-refractivity contribution in [2.45, 2.75) is 77.3 Å². The molecular weight excluding hydrogens is 472 g/mol. The molecule has 0 bridgehead atoms. The quantitative estimate of drug-likeness (QED) is 0.376. The smallest absolute Gasteiger partial charge is 0.229 e. The van der Waals surface area contributed by atoms with Gasteiger partial charge in [-0.25, -0.2) is 0 Å². The lowest BCUT2D eigenvalue weighted by atomic mass is 9.88. The van der Waals surface area contributed by atoms with E-state index < -0.39 is 0 Å². The number of rotatable bonds is 9. The van der Waals surface area contributed by atoms with Gasteiger partial charge in [-0.15, -0.1) is 0 Å². The predicted molar refractivity (Wildman–Crippen MR) is 142 cm³/mol. The highest BCUT2D eigenvalue weighted by Crippen LogP contribution is 2.39. The molecule has 2 aliphatic carbocycles. The van der Waals surface area contributed by atoms with E-state index in [2.05, 4.69) is 36.1 Å². The highest BCUT2D eigenvalue weighted by molar-refractivity contribution is 6.30. The minimum atomic E-state index is -0.0931. The Bertz CT molecular complexity index is 1100. The molecule has 5 nitrogen and oxygen atoms in total. The van der Waals surface area contributed by atoms with Crippen LogP contribution in [0.4, 0.5) is 0 Å². The Morgan fingerprint density at radius 1 is 0.972 bits per heavy atom. The molecule has 0 radical (unpaired) electrons. The van der Waals surface area contributed by atoms with E-state index in [-0.39, 0.29) is 11.8 Å². The third kappa shape index (κ3) is 5.78. The second-order valence-electron chi connectivity index (χ2n) is 10.7. The second kappa shape index (κ2) is 11.4. The molecule has 1 aliphatic heterocycles. The summed E-state index contributed by atoms with van der Waals surface area (Å²) in [5.41, 5.74) is 5.22. The monoisotopic (exact) mass is 508 g/mol. The minimum absolute atomic E-state index is 0.0931. The van der Waals surface area contributed by atoms with E-state index >= 15 is 0 Å². The average molecular weight is 509 g/mol. The van der Waals surface area contributed by atoms with Crippen molar-refractivity contribution in [1.29, 1.82) is 0 Å². The third-order valence-electron chi connectivity index (χ3n) is 8.16. The van der Waals surface area contributed by atoms with Crippen LogP contribution in [0.15, 0.2) is 36.4 Å². The normalized spacial score (nSPS) is 20.4. The van der Waals surface area contributed by atoms with Crippen LogP contribution in [0.3, 0.4) is 0 Å². The van der Waals surface area contributed by atoms with Crippen molar-refractivity contribution in [2.75, 3.05) is 19.7 Å². The fourth-order valence-electron chi connectivity index (χ4n) is 6.27. The van der Waals surface area contributed by atoms with Gasteiger partial charge >= 0.3 is 0 Å². The van der Waals surface area contributed by atoms with Crippen LogP contribution in [0.25, 0.3) is 0 Å². The lowest BCUT2D eigenvalue weighted by molar-refractivity contribution is -0.138. The number of hydrogen-bond acceptors (Lipinski definition) is 4. The molecule has 192 valence electrons. The van der Waals surface area contributed by atoms with E-state index in [1.807, 2.05) is 12.1 Å². The van der Waals surface area contributed by atoms with Gasteiger partial charge in [-0.3, -0.25) is 19.4 Å². The summed E-state index contributed by atoms with van der Waals surface area (Å²) in [5.74, 6) is 1.40. The fraction of sp³-hybridized carbons (Fsp3) is 0.533. The first-order valence-corrected chi connectivity index (χ1v) is 13.9. The molecule has 1 atom stereocenters. The zero-order valence-electron chi connectivity index (χ0n) is 21.3. The Morgan fingerprint density at radius 3 is 2.50 bits per heavy atom. The standard InChI is InChI=1S/C30H37ClN2O3/c1-21-17-23(7-12-28(21)36-16-15-33-29(34)13-14-30(33)35)20-32(19-22-5-3-2-4-6-22)27-11-8-24-18-25(31)9-10-26(24)27/h7,9-10,12,17-18,22,27H,2-6,8,11,13-16,19-20H2,1H3/t27-/m0/s1. The van der Waals surface area contributed by atoms with E-state index in [0.29, 0.717) is 32.0 Å². The van der Waals surface area contributed by atoms with Crippen molar-refractivity contribution in [3.63, 3.8) is 0 Å². The van der Waals surface area contributed by atoms with Gasteiger partial charge in [-0.1, -0.05) is 49.1 Å². The maximum atomic E-state index is 11.8. The van der Waals surface area contributed by atoms with Crippen LogP contribution in [-0.4, -0.2) is 41.3 Å². The number of imide groups is 1. The number of aryl methyl sites for hydroxylation is 2. The number of carbonyl (C=O) groups is 2. The second-order valence-corrected chi connectivity index (χ2v) is 11.2. The summed E-state index contributed by atoms with van der Waals surface area (Å²) in [6.07, 6.45) is 9.65. The van der Waals surface area contributed by atoms with E-state index in [9.17, 15) is 9.59 Å². The summed E-state index contributed by atoms with van der Waals surface area (Å²) < 4.78 is 5.96. The van der Waals surface area contributed by atoms with Gasteiger partial charge in [0.05, 0.1) is 6.54 Å². The van der Waals surface area contributed by atoms with Crippen LogP contribution in [-0.2, 0) is 22.6 Å². The van der Waals surface area contributed by atoms with Crippen molar-refractivity contribution in [2.24, 2.45) is 5.92 Å². The SMILES string of the molecule is Cc1cc(CN(CC2CCCCC2)[C@H]2CCc3cc(Cl)ccc32)ccc1OCCN1C(=O)CCC1=O. The number of ether oxygens (including phenoxy) is 1. The lowest BCUT2D eigenvalue weighted by Crippen LogP contribution is -2.33. The molecule has 3 aliphatic rings. The van der Waals surface area contributed by atoms with Gasteiger partial charge in [0.2, 0.25) is 11.8 Å². The van der Waals surface area contributed by atoms with E-state index in [1.165, 1.54) is 53.7 Å². The lowest BCUT2D eigenvalue weighted by Gasteiger charge is -2.34. The summed E-state index contributed by atoms with van der Waals surface area (Å²) in [5, 5.41) is 0.831. The van der Waals surface area contributed by atoms with Gasteiger partial charge in [0.1, 0.15) is 12.4 Å². The average Bonchev–Trinajstić information content (AvgIpc) is 3.43. The molecule has 2 fully saturated rings. The Hall–Kier alpha value is -2.37. The van der Waals surface area contributed by atoms with Crippen LogP contribution in [0.5, 0.6) is 5.75 Å². The van der Waals surface area contributed by atoms with Crippen molar-refractivity contribution in [3.8, 4) is 5.75 Å². The molecule has 0 N–H and O–H groups in total. The van der Waals surface area contributed by atoms with E-state index in [1.54, 1.807) is 0 Å². The summed E-state index contributed by atoms with van der Waals surface area (Å²) in [6, 6.07) is 13.3. The highest BCUT2D eigenvalue weighted by Gasteiger charge is 2.31. The molecule has 2 aromatic carbocycles. The van der Waals surface area contributed by atoms with Gasteiger partial charge in [0, 0.05) is 37.0 Å². The minimum Gasteiger partial charge on any atom is -0.491 e. The third-order valence-corrected chi connectivity index (χ3v) is 8.40. The predicted octanol–water partition coefficient (Wildman–Crippen LogP) is 6.25. The number of carbonyl (C=O) groups excluding carboxylic acids is 2. The molecule has 1 heterocycles. The van der Waals surface area contributed by atoms with Crippen molar-refractivity contribution < 1.29 is 14.3 Å². The first-order valence-electron chi connectivity index (χ1n) is 13.6. The molecule has 0 spiro atoms. The highest BCUT2D eigenvalue weighted by atomic mass is 35.5. The Morgan fingerprint density at radius 2 is 1.75 bits per heavy atom. The molecule has 5 rings (SSSR count). The van der Waals surface area contributed by atoms with Crippen molar-refractivity contribution >= 4 is 23.4 Å². The van der Waals surface area contributed by atoms with Crippen molar-refractivity contribution in [1.82, 2.24) is 9.80 Å². The van der Waals surface area contributed by atoms with Crippen LogP contribution < -0.4 is 4.74 Å². The van der Waals surface area contributed by atoms with Gasteiger partial charge < -0.3 is 4.74 Å². The van der Waals surface area contributed by atoms with E-state index in [0.717, 1.165) is 48.2 Å². The summed E-state index contributed by atoms with van der Waals surface area (Å²) in [6.45, 7) is 4.78. The Kier molecular flexibility index (Phi) is 7.97. The zero-order valence-corrected chi connectivity index (χ0v) is 22.1. The number of halogens is 1. The number of hydrogen-bond donors (Lipinski definition) is 0. The topological polar surface area (TPSA) is 49.9 Å². The van der Waals surface area contributed by atoms with Gasteiger partial charge in [-0.2, -0.15) is 0 Å². The van der Waals surface area contributed by atoms with E-state index in [4.69, 9.17) is 16.3 Å². The molecule has 36 heavy (non-hydrogen) atoms. The number of amides is 2. The van der Waals surface area contributed by atoms with Gasteiger partial charge in [0.25, 0.3) is 0 Å². The molecule has 2 aromatic rings. The van der Waals surface area contributed by atoms with Gasteiger partial charge in [0.15, 0.2) is 0 Å². The number of benzene rings is 2. The number of likely N-dealkylation sites (tertiary alicyclic amines) is 1. The van der Waals surface area contributed by atoms with Crippen LogP contribution >= 0.6 is 11.6 Å². The van der Waals surface area contributed by atoms with Crippen LogP contribution in [0, 0.1) is 12.8 Å². The molecule has 6 heteroatoms. The van der Waals surface area contributed by atoms with Crippen LogP contribution in [0.2, 0.25) is 5.02 Å². The summed E-state index contributed by atoms with van der Waals surface area (Å²) in [7, 11) is 0.